The molecule has 0 spiro atoms. The Bertz CT molecular complexity index is 807. The Balaban J connectivity index is 1.99. The number of rotatable bonds is 3. The number of fused-ring (bicyclic) bond motifs is 1. The van der Waals surface area contributed by atoms with Crippen molar-refractivity contribution in [3.63, 3.8) is 0 Å². The van der Waals surface area contributed by atoms with Crippen LogP contribution in [-0.4, -0.2) is 15.7 Å². The molecule has 0 saturated heterocycles. The lowest BCUT2D eigenvalue weighted by atomic mass is 9.86. The fourth-order valence-corrected chi connectivity index (χ4v) is 4.47. The summed E-state index contributed by atoms with van der Waals surface area (Å²) < 4.78 is 2.42. The number of hydrogen-bond acceptors (Lipinski definition) is 2. The quantitative estimate of drug-likeness (QED) is 0.820. The summed E-state index contributed by atoms with van der Waals surface area (Å²) >= 11 is 3.49. The van der Waals surface area contributed by atoms with Crippen molar-refractivity contribution in [1.82, 2.24) is 9.78 Å². The van der Waals surface area contributed by atoms with Crippen LogP contribution in [-0.2, 0) is 18.9 Å². The van der Waals surface area contributed by atoms with Crippen LogP contribution in [0.3, 0.4) is 0 Å². The predicted molar refractivity (Wildman–Crippen MR) is 101 cm³/mol. The first kappa shape index (κ1) is 17.2. The number of benzene rings is 1. The number of halogens is 1. The molecule has 1 unspecified atom stereocenters. The van der Waals surface area contributed by atoms with E-state index >= 15 is 0 Å². The molecule has 0 bridgehead atoms. The van der Waals surface area contributed by atoms with Gasteiger partial charge in [-0.2, -0.15) is 5.10 Å². The van der Waals surface area contributed by atoms with Gasteiger partial charge >= 0.3 is 0 Å². The van der Waals surface area contributed by atoms with E-state index in [0.29, 0.717) is 11.5 Å². The molecular weight excluding hydrogens is 366 g/mol. The largest absolute Gasteiger partial charge is 0.322 e. The number of hydrogen-bond donors (Lipinski definition) is 1. The standard InChI is InChI=1S/C19H24BrN3O/c1-6-13-16(17(20)23(5)22-13)18(24)21-14-9-7-8-12-15(14)11(2)10-19(12,3)4/h7-9,11H,6,10H2,1-5H3,(H,21,24). The third-order valence-corrected chi connectivity index (χ3v) is 5.91. The molecule has 1 amide bonds. The van der Waals surface area contributed by atoms with E-state index < -0.39 is 0 Å². The number of nitrogens with zero attached hydrogens (tertiary/aromatic N) is 2. The fourth-order valence-electron chi connectivity index (χ4n) is 3.99. The summed E-state index contributed by atoms with van der Waals surface area (Å²) in [7, 11) is 1.84. The molecule has 0 radical (unpaired) electrons. The highest BCUT2D eigenvalue weighted by molar-refractivity contribution is 9.10. The Kier molecular flexibility index (Phi) is 4.32. The molecule has 0 saturated carbocycles. The van der Waals surface area contributed by atoms with Gasteiger partial charge in [-0.05, 0) is 57.3 Å². The molecule has 1 aliphatic rings. The minimum atomic E-state index is -0.0999. The number of carbonyl (C=O) groups excluding carboxylic acids is 1. The van der Waals surface area contributed by atoms with Crippen molar-refractivity contribution in [2.45, 2.75) is 51.9 Å². The summed E-state index contributed by atoms with van der Waals surface area (Å²) in [5.41, 5.74) is 5.13. The van der Waals surface area contributed by atoms with E-state index in [0.717, 1.165) is 28.8 Å². The van der Waals surface area contributed by atoms with E-state index in [9.17, 15) is 4.79 Å². The summed E-state index contributed by atoms with van der Waals surface area (Å²) in [5, 5.41) is 7.54. The third-order valence-electron chi connectivity index (χ3n) is 5.00. The van der Waals surface area contributed by atoms with Crippen LogP contribution in [0.2, 0.25) is 0 Å². The lowest BCUT2D eigenvalue weighted by Crippen LogP contribution is -2.16. The highest BCUT2D eigenvalue weighted by atomic mass is 79.9. The summed E-state index contributed by atoms with van der Waals surface area (Å²) in [5.74, 6) is 0.339. The minimum absolute atomic E-state index is 0.0999. The van der Waals surface area contributed by atoms with E-state index in [1.54, 1.807) is 4.68 Å². The van der Waals surface area contributed by atoms with Crippen LogP contribution < -0.4 is 5.32 Å². The molecule has 1 atom stereocenters. The van der Waals surface area contributed by atoms with Gasteiger partial charge in [-0.3, -0.25) is 9.48 Å². The van der Waals surface area contributed by atoms with Crippen molar-refractivity contribution in [1.29, 1.82) is 0 Å². The normalized spacial score (nSPS) is 18.5. The maximum atomic E-state index is 12.9. The van der Waals surface area contributed by atoms with Crippen LogP contribution in [0, 0.1) is 0 Å². The van der Waals surface area contributed by atoms with Gasteiger partial charge in [-0.15, -0.1) is 0 Å². The van der Waals surface area contributed by atoms with Crippen molar-refractivity contribution >= 4 is 27.5 Å². The SMILES string of the molecule is CCc1nn(C)c(Br)c1C(=O)Nc1cccc2c1C(C)CC2(C)C. The maximum absolute atomic E-state index is 12.9. The van der Waals surface area contributed by atoms with Gasteiger partial charge in [-0.1, -0.05) is 39.8 Å². The molecule has 2 aromatic rings. The molecule has 3 rings (SSSR count). The van der Waals surface area contributed by atoms with Gasteiger partial charge in [0.15, 0.2) is 0 Å². The molecule has 0 aliphatic heterocycles. The first-order chi connectivity index (χ1) is 11.3. The number of nitrogens with one attached hydrogen (secondary N) is 1. The van der Waals surface area contributed by atoms with Gasteiger partial charge in [0.2, 0.25) is 0 Å². The third kappa shape index (κ3) is 2.69. The van der Waals surface area contributed by atoms with Crippen molar-refractivity contribution < 1.29 is 4.79 Å². The second-order valence-corrected chi connectivity index (χ2v) is 8.05. The van der Waals surface area contributed by atoms with Gasteiger partial charge in [0.25, 0.3) is 5.91 Å². The van der Waals surface area contributed by atoms with Gasteiger partial charge in [0.1, 0.15) is 4.60 Å². The minimum Gasteiger partial charge on any atom is -0.322 e. The summed E-state index contributed by atoms with van der Waals surface area (Å²) in [6, 6.07) is 6.23. The molecule has 5 heteroatoms. The highest BCUT2D eigenvalue weighted by Crippen LogP contribution is 2.48. The summed E-state index contributed by atoms with van der Waals surface area (Å²) in [6.07, 6.45) is 1.82. The Morgan fingerprint density at radius 2 is 2.17 bits per heavy atom. The summed E-state index contributed by atoms with van der Waals surface area (Å²) in [6.45, 7) is 8.79. The van der Waals surface area contributed by atoms with Crippen LogP contribution >= 0.6 is 15.9 Å². The Morgan fingerprint density at radius 3 is 2.83 bits per heavy atom. The van der Waals surface area contributed by atoms with Crippen molar-refractivity contribution in [3.05, 3.63) is 45.2 Å². The molecule has 0 fully saturated rings. The van der Waals surface area contributed by atoms with E-state index in [1.807, 2.05) is 26.1 Å². The lowest BCUT2D eigenvalue weighted by Gasteiger charge is -2.19. The first-order valence-electron chi connectivity index (χ1n) is 8.42. The number of aromatic nitrogens is 2. The smallest absolute Gasteiger partial charge is 0.260 e. The molecule has 1 aromatic heterocycles. The monoisotopic (exact) mass is 389 g/mol. The van der Waals surface area contributed by atoms with Crippen LogP contribution in [0.4, 0.5) is 5.69 Å². The average molecular weight is 390 g/mol. The van der Waals surface area contributed by atoms with Crippen molar-refractivity contribution in [3.8, 4) is 0 Å². The molecule has 1 aromatic carbocycles. The Morgan fingerprint density at radius 1 is 1.46 bits per heavy atom. The maximum Gasteiger partial charge on any atom is 0.260 e. The Hall–Kier alpha value is -1.62. The van der Waals surface area contributed by atoms with Gasteiger partial charge in [-0.25, -0.2) is 0 Å². The van der Waals surface area contributed by atoms with Crippen LogP contribution in [0.15, 0.2) is 22.8 Å². The van der Waals surface area contributed by atoms with E-state index in [2.05, 4.69) is 53.2 Å². The second kappa shape index (κ2) is 6.03. The van der Waals surface area contributed by atoms with Crippen LogP contribution in [0.5, 0.6) is 0 Å². The average Bonchev–Trinajstić information content (AvgIpc) is 2.93. The first-order valence-corrected chi connectivity index (χ1v) is 9.21. The van der Waals surface area contributed by atoms with E-state index in [4.69, 9.17) is 0 Å². The zero-order valence-corrected chi connectivity index (χ0v) is 16.5. The lowest BCUT2D eigenvalue weighted by molar-refractivity contribution is 0.102. The van der Waals surface area contributed by atoms with E-state index in [-0.39, 0.29) is 11.3 Å². The van der Waals surface area contributed by atoms with Crippen LogP contribution in [0.25, 0.3) is 0 Å². The molecular formula is C19H24BrN3O. The molecule has 24 heavy (non-hydrogen) atoms. The van der Waals surface area contributed by atoms with Gasteiger partial charge in [0, 0.05) is 12.7 Å². The highest BCUT2D eigenvalue weighted by Gasteiger charge is 2.36. The van der Waals surface area contributed by atoms with Gasteiger partial charge < -0.3 is 5.32 Å². The van der Waals surface area contributed by atoms with Crippen molar-refractivity contribution in [2.24, 2.45) is 7.05 Å². The second-order valence-electron chi connectivity index (χ2n) is 7.30. The molecule has 1 heterocycles. The summed E-state index contributed by atoms with van der Waals surface area (Å²) in [4.78, 5) is 12.9. The number of carbonyl (C=O) groups is 1. The molecule has 128 valence electrons. The van der Waals surface area contributed by atoms with E-state index in [1.165, 1.54) is 11.1 Å². The van der Waals surface area contributed by atoms with Crippen molar-refractivity contribution in [2.75, 3.05) is 5.32 Å². The zero-order valence-electron chi connectivity index (χ0n) is 14.9. The molecule has 4 nitrogen and oxygen atoms in total. The Labute approximate surface area is 151 Å². The number of anilines is 1. The number of amides is 1. The fraction of sp³-hybridized carbons (Fsp3) is 0.474. The molecule has 1 N–H and O–H groups in total. The van der Waals surface area contributed by atoms with Gasteiger partial charge in [0.05, 0.1) is 11.3 Å². The number of aryl methyl sites for hydroxylation is 2. The predicted octanol–water partition coefficient (Wildman–Crippen LogP) is 4.78. The molecule has 1 aliphatic carbocycles. The topological polar surface area (TPSA) is 46.9 Å². The van der Waals surface area contributed by atoms with Crippen LogP contribution in [0.1, 0.15) is 67.2 Å². The zero-order chi connectivity index (χ0) is 17.6.